The van der Waals surface area contributed by atoms with Gasteiger partial charge in [0.15, 0.2) is 0 Å². The molecule has 0 amide bonds. The monoisotopic (exact) mass is 285 g/mol. The SMILES string of the molecule is COC(=O)C(Cc1cc(O)ccc1Cl)NC(C)(C)C. The minimum absolute atomic E-state index is 0.124. The molecule has 4 nitrogen and oxygen atoms in total. The predicted octanol–water partition coefficient (Wildman–Crippen LogP) is 2.52. The third kappa shape index (κ3) is 5.09. The molecule has 0 aliphatic heterocycles. The van der Waals surface area contributed by atoms with Crippen LogP contribution >= 0.6 is 11.6 Å². The van der Waals surface area contributed by atoms with E-state index in [4.69, 9.17) is 16.3 Å². The van der Waals surface area contributed by atoms with E-state index in [1.165, 1.54) is 13.2 Å². The summed E-state index contributed by atoms with van der Waals surface area (Å²) in [6.45, 7) is 5.90. The smallest absolute Gasteiger partial charge is 0.323 e. The van der Waals surface area contributed by atoms with Crippen molar-refractivity contribution in [1.82, 2.24) is 5.32 Å². The molecule has 19 heavy (non-hydrogen) atoms. The Hall–Kier alpha value is -1.26. The summed E-state index contributed by atoms with van der Waals surface area (Å²) in [6.07, 6.45) is 0.358. The number of carbonyl (C=O) groups excluding carboxylic acids is 1. The first-order chi connectivity index (χ1) is 8.73. The molecular weight excluding hydrogens is 266 g/mol. The maximum absolute atomic E-state index is 11.8. The normalized spacial score (nSPS) is 13.1. The van der Waals surface area contributed by atoms with Crippen LogP contribution in [0.3, 0.4) is 0 Å². The van der Waals surface area contributed by atoms with Crippen LogP contribution in [0.2, 0.25) is 5.02 Å². The highest BCUT2D eigenvalue weighted by Gasteiger charge is 2.25. The van der Waals surface area contributed by atoms with Gasteiger partial charge in [0.25, 0.3) is 0 Å². The van der Waals surface area contributed by atoms with Gasteiger partial charge in [-0.2, -0.15) is 0 Å². The number of phenolic OH excluding ortho intramolecular Hbond substituents is 1. The van der Waals surface area contributed by atoms with E-state index in [0.717, 1.165) is 0 Å². The molecule has 1 aromatic rings. The van der Waals surface area contributed by atoms with Crippen molar-refractivity contribution in [3.63, 3.8) is 0 Å². The summed E-state index contributed by atoms with van der Waals surface area (Å²) in [5.74, 6) is -0.229. The van der Waals surface area contributed by atoms with E-state index in [9.17, 15) is 9.90 Å². The largest absolute Gasteiger partial charge is 0.508 e. The highest BCUT2D eigenvalue weighted by Crippen LogP contribution is 2.23. The Morgan fingerprint density at radius 1 is 1.47 bits per heavy atom. The summed E-state index contributed by atoms with van der Waals surface area (Å²) in [5, 5.41) is 13.2. The van der Waals surface area contributed by atoms with Gasteiger partial charge in [0.05, 0.1) is 7.11 Å². The second-order valence-electron chi connectivity index (χ2n) is 5.45. The molecule has 1 unspecified atom stereocenters. The number of hydrogen-bond donors (Lipinski definition) is 2. The van der Waals surface area contributed by atoms with E-state index >= 15 is 0 Å². The molecule has 0 fully saturated rings. The zero-order chi connectivity index (χ0) is 14.6. The van der Waals surface area contributed by atoms with Crippen molar-refractivity contribution < 1.29 is 14.6 Å². The summed E-state index contributed by atoms with van der Waals surface area (Å²) < 4.78 is 4.79. The zero-order valence-corrected chi connectivity index (χ0v) is 12.4. The van der Waals surface area contributed by atoms with Crippen molar-refractivity contribution in [2.24, 2.45) is 0 Å². The summed E-state index contributed by atoms with van der Waals surface area (Å²) in [5.41, 5.74) is 0.469. The van der Waals surface area contributed by atoms with Crippen molar-refractivity contribution in [3.8, 4) is 5.75 Å². The number of benzene rings is 1. The fourth-order valence-corrected chi connectivity index (χ4v) is 1.99. The highest BCUT2D eigenvalue weighted by atomic mass is 35.5. The van der Waals surface area contributed by atoms with Crippen molar-refractivity contribution in [2.75, 3.05) is 7.11 Å². The van der Waals surface area contributed by atoms with Crippen molar-refractivity contribution in [2.45, 2.75) is 38.8 Å². The van der Waals surface area contributed by atoms with Crippen LogP contribution in [0.5, 0.6) is 5.75 Å². The number of ether oxygens (including phenoxy) is 1. The lowest BCUT2D eigenvalue weighted by atomic mass is 10.0. The van der Waals surface area contributed by atoms with Gasteiger partial charge < -0.3 is 9.84 Å². The van der Waals surface area contributed by atoms with Crippen LogP contribution in [0.25, 0.3) is 0 Å². The Labute approximate surface area is 118 Å². The lowest BCUT2D eigenvalue weighted by molar-refractivity contribution is -0.143. The van der Waals surface area contributed by atoms with E-state index in [1.807, 2.05) is 20.8 Å². The van der Waals surface area contributed by atoms with E-state index in [-0.39, 0.29) is 17.3 Å². The van der Waals surface area contributed by atoms with Crippen molar-refractivity contribution >= 4 is 17.6 Å². The Morgan fingerprint density at radius 3 is 2.63 bits per heavy atom. The molecule has 0 aliphatic rings. The van der Waals surface area contributed by atoms with Gasteiger partial charge in [0.1, 0.15) is 11.8 Å². The number of rotatable bonds is 4. The van der Waals surface area contributed by atoms with E-state index < -0.39 is 6.04 Å². The van der Waals surface area contributed by atoms with Crippen LogP contribution in [0.4, 0.5) is 0 Å². The second-order valence-corrected chi connectivity index (χ2v) is 5.86. The average Bonchev–Trinajstić information content (AvgIpc) is 2.30. The van der Waals surface area contributed by atoms with Crippen molar-refractivity contribution in [1.29, 1.82) is 0 Å². The molecule has 0 aliphatic carbocycles. The van der Waals surface area contributed by atoms with Gasteiger partial charge in [-0.05, 0) is 44.5 Å². The number of halogens is 1. The summed E-state index contributed by atoms with van der Waals surface area (Å²) in [7, 11) is 1.35. The van der Waals surface area contributed by atoms with Gasteiger partial charge in [-0.1, -0.05) is 11.6 Å². The molecular formula is C14H20ClNO3. The van der Waals surface area contributed by atoms with E-state index in [1.54, 1.807) is 12.1 Å². The van der Waals surface area contributed by atoms with Crippen LogP contribution in [0, 0.1) is 0 Å². The van der Waals surface area contributed by atoms with Crippen LogP contribution in [-0.2, 0) is 16.0 Å². The minimum atomic E-state index is -0.510. The van der Waals surface area contributed by atoms with Crippen LogP contribution in [-0.4, -0.2) is 29.8 Å². The molecule has 0 aromatic heterocycles. The summed E-state index contributed by atoms with van der Waals surface area (Å²) in [4.78, 5) is 11.8. The maximum atomic E-state index is 11.8. The Balaban J connectivity index is 2.94. The van der Waals surface area contributed by atoms with Crippen LogP contribution in [0.1, 0.15) is 26.3 Å². The lowest BCUT2D eigenvalue weighted by Crippen LogP contribution is -2.49. The third-order valence-electron chi connectivity index (χ3n) is 2.55. The Morgan fingerprint density at radius 2 is 2.11 bits per heavy atom. The number of aromatic hydroxyl groups is 1. The fourth-order valence-electron chi connectivity index (χ4n) is 1.80. The lowest BCUT2D eigenvalue weighted by Gasteiger charge is -2.27. The molecule has 5 heteroatoms. The predicted molar refractivity (Wildman–Crippen MR) is 75.5 cm³/mol. The van der Waals surface area contributed by atoms with Gasteiger partial charge in [0, 0.05) is 17.0 Å². The molecule has 0 heterocycles. The summed E-state index contributed by atoms with van der Waals surface area (Å²) in [6, 6.07) is 4.17. The van der Waals surface area contributed by atoms with E-state index in [2.05, 4.69) is 5.32 Å². The highest BCUT2D eigenvalue weighted by molar-refractivity contribution is 6.31. The molecule has 106 valence electrons. The third-order valence-corrected chi connectivity index (χ3v) is 2.92. The molecule has 0 bridgehead atoms. The molecule has 1 aromatic carbocycles. The Bertz CT molecular complexity index is 454. The van der Waals surface area contributed by atoms with Gasteiger partial charge in [-0.25, -0.2) is 0 Å². The van der Waals surface area contributed by atoms with Crippen LogP contribution in [0.15, 0.2) is 18.2 Å². The molecule has 0 spiro atoms. The number of esters is 1. The zero-order valence-electron chi connectivity index (χ0n) is 11.7. The number of methoxy groups -OCH3 is 1. The van der Waals surface area contributed by atoms with Crippen molar-refractivity contribution in [3.05, 3.63) is 28.8 Å². The fraction of sp³-hybridized carbons (Fsp3) is 0.500. The minimum Gasteiger partial charge on any atom is -0.508 e. The molecule has 1 rings (SSSR count). The maximum Gasteiger partial charge on any atom is 0.323 e. The second kappa shape index (κ2) is 6.26. The standard InChI is InChI=1S/C14H20ClNO3/c1-14(2,3)16-12(13(18)19-4)8-9-7-10(17)5-6-11(9)15/h5-7,12,16-17H,8H2,1-4H3. The van der Waals surface area contributed by atoms with Crippen LogP contribution < -0.4 is 5.32 Å². The topological polar surface area (TPSA) is 58.6 Å². The van der Waals surface area contributed by atoms with Gasteiger partial charge >= 0.3 is 5.97 Å². The van der Waals surface area contributed by atoms with Gasteiger partial charge in [-0.3, -0.25) is 10.1 Å². The van der Waals surface area contributed by atoms with Gasteiger partial charge in [-0.15, -0.1) is 0 Å². The molecule has 1 atom stereocenters. The first-order valence-corrected chi connectivity index (χ1v) is 6.43. The van der Waals surface area contributed by atoms with Gasteiger partial charge in [0.2, 0.25) is 0 Å². The number of nitrogens with one attached hydrogen (secondary N) is 1. The molecule has 0 saturated heterocycles. The first-order valence-electron chi connectivity index (χ1n) is 6.06. The number of phenols is 1. The average molecular weight is 286 g/mol. The number of hydrogen-bond acceptors (Lipinski definition) is 4. The quantitative estimate of drug-likeness (QED) is 0.835. The molecule has 2 N–H and O–H groups in total. The molecule has 0 saturated carbocycles. The Kier molecular flexibility index (Phi) is 5.20. The number of carbonyl (C=O) groups is 1. The first kappa shape index (κ1) is 15.8. The van der Waals surface area contributed by atoms with E-state index in [0.29, 0.717) is 17.0 Å². The summed E-state index contributed by atoms with van der Waals surface area (Å²) >= 11 is 6.07. The molecule has 0 radical (unpaired) electrons.